The number of benzene rings is 3. The number of phenolic OH excluding ortho intramolecular Hbond substituents is 1. The van der Waals surface area contributed by atoms with E-state index < -0.39 is 0 Å². The number of aromatic hydroxyl groups is 1. The van der Waals surface area contributed by atoms with Gasteiger partial charge < -0.3 is 23.9 Å². The van der Waals surface area contributed by atoms with Crippen LogP contribution in [0.5, 0.6) is 5.75 Å². The minimum Gasteiger partial charge on any atom is -0.508 e. The summed E-state index contributed by atoms with van der Waals surface area (Å²) in [4.78, 5) is 40.5. The van der Waals surface area contributed by atoms with Crippen LogP contribution in [0.15, 0.2) is 97.3 Å². The van der Waals surface area contributed by atoms with E-state index in [-0.39, 0.29) is 23.6 Å². The third-order valence-corrected chi connectivity index (χ3v) is 11.5. The van der Waals surface area contributed by atoms with Crippen LogP contribution in [-0.2, 0) is 31.8 Å². The zero-order valence-electron chi connectivity index (χ0n) is 31.4. The molecular weight excluding hydrogens is 712 g/mol. The topological polar surface area (TPSA) is 96.1 Å². The molecule has 2 aliphatic rings. The summed E-state index contributed by atoms with van der Waals surface area (Å²) >= 11 is 6.68. The lowest BCUT2D eigenvalue weighted by atomic mass is 9.90. The number of carbonyl (C=O) groups is 2. The van der Waals surface area contributed by atoms with Gasteiger partial charge in [-0.05, 0) is 105 Å². The number of nitrogens with zero attached hydrogens (tertiary/aromatic N) is 6. The zero-order chi connectivity index (χ0) is 38.2. The van der Waals surface area contributed by atoms with Crippen molar-refractivity contribution in [3.63, 3.8) is 0 Å². The van der Waals surface area contributed by atoms with Crippen LogP contribution in [0.2, 0.25) is 5.02 Å². The zero-order valence-corrected chi connectivity index (χ0v) is 32.2. The van der Waals surface area contributed by atoms with Crippen molar-refractivity contribution in [1.82, 2.24) is 23.9 Å². The number of carbonyl (C=O) groups excluding carboxylic acids is 2. The fourth-order valence-corrected chi connectivity index (χ4v) is 8.25. The first-order valence-electron chi connectivity index (χ1n) is 18.8. The lowest BCUT2D eigenvalue weighted by molar-refractivity contribution is 0.0353. The predicted octanol–water partition coefficient (Wildman–Crippen LogP) is 7.90. The predicted molar refractivity (Wildman–Crippen MR) is 216 cm³/mol. The molecule has 0 bridgehead atoms. The van der Waals surface area contributed by atoms with Crippen LogP contribution in [0.4, 0.5) is 11.4 Å². The van der Waals surface area contributed by atoms with Crippen LogP contribution < -0.4 is 4.90 Å². The van der Waals surface area contributed by atoms with E-state index in [1.807, 2.05) is 77.6 Å². The summed E-state index contributed by atoms with van der Waals surface area (Å²) in [7, 11) is 3.84. The summed E-state index contributed by atoms with van der Waals surface area (Å²) in [6, 6.07) is 26.2. The molecule has 55 heavy (non-hydrogen) atoms. The molecule has 0 radical (unpaired) electrons. The number of halogens is 1. The maximum atomic E-state index is 14.9. The second kappa shape index (κ2) is 15.4. The van der Waals surface area contributed by atoms with Gasteiger partial charge in [0.15, 0.2) is 0 Å². The molecular formula is C44H45ClN6O4. The Balaban J connectivity index is 1.15. The number of phenols is 1. The Morgan fingerprint density at radius 2 is 1.69 bits per heavy atom. The van der Waals surface area contributed by atoms with Crippen molar-refractivity contribution in [2.45, 2.75) is 38.8 Å². The van der Waals surface area contributed by atoms with Crippen molar-refractivity contribution in [3.8, 4) is 17.0 Å². The Hall–Kier alpha value is -5.42. The average molecular weight is 757 g/mol. The summed E-state index contributed by atoms with van der Waals surface area (Å²) < 4.78 is 9.43. The number of hydrogen-bond acceptors (Lipinski definition) is 6. The van der Waals surface area contributed by atoms with Gasteiger partial charge in [0.1, 0.15) is 11.4 Å². The molecule has 0 unspecified atom stereocenters. The van der Waals surface area contributed by atoms with Gasteiger partial charge in [-0.25, -0.2) is 4.98 Å². The smallest absolute Gasteiger partial charge is 0.264 e. The molecule has 0 spiro atoms. The number of ether oxygens (including phenoxy) is 1. The highest BCUT2D eigenvalue weighted by molar-refractivity contribution is 6.31. The summed E-state index contributed by atoms with van der Waals surface area (Å²) in [6.07, 6.45) is 6.29. The fraction of sp³-hybridized carbons (Fsp3) is 0.295. The average Bonchev–Trinajstić information content (AvgIpc) is 3.72. The molecule has 2 amide bonds. The van der Waals surface area contributed by atoms with E-state index in [1.54, 1.807) is 41.4 Å². The number of fused-ring (bicyclic) bond motifs is 2. The largest absolute Gasteiger partial charge is 0.508 e. The van der Waals surface area contributed by atoms with Crippen LogP contribution in [-0.4, -0.2) is 79.7 Å². The number of hydrogen-bond donors (Lipinski definition) is 1. The normalized spacial score (nSPS) is 16.0. The number of aryl methyl sites for hydroxylation is 1. The highest BCUT2D eigenvalue weighted by atomic mass is 35.5. The van der Waals surface area contributed by atoms with Crippen LogP contribution in [0.3, 0.4) is 0 Å². The number of rotatable bonds is 9. The molecule has 6 aromatic rings. The third-order valence-electron chi connectivity index (χ3n) is 11.2. The third kappa shape index (κ3) is 7.25. The Labute approximate surface area is 326 Å². The first-order valence-corrected chi connectivity index (χ1v) is 19.2. The Bertz CT molecular complexity index is 2380. The molecule has 8 rings (SSSR count). The summed E-state index contributed by atoms with van der Waals surface area (Å²) in [5.74, 6) is -0.233. The lowest BCUT2D eigenvalue weighted by Gasteiger charge is -2.38. The SMILES string of the molecule is Cc1c(C(=O)N(c2ccc(O)cc2)c2cnc3c(ccn3C)c2)cc(-c2cc(Cl)ccc2C(=O)N2Cc3ccccc3C[C@H]2CCCN2CCOCC2)n1C. The van der Waals surface area contributed by atoms with Gasteiger partial charge in [-0.15, -0.1) is 0 Å². The Morgan fingerprint density at radius 1 is 0.927 bits per heavy atom. The molecule has 0 saturated carbocycles. The molecule has 1 N–H and O–H groups in total. The number of pyridine rings is 1. The van der Waals surface area contributed by atoms with Crippen molar-refractivity contribution >= 4 is 45.8 Å². The van der Waals surface area contributed by atoms with Gasteiger partial charge >= 0.3 is 0 Å². The van der Waals surface area contributed by atoms with Crippen molar-refractivity contribution < 1.29 is 19.4 Å². The number of morpholine rings is 1. The van der Waals surface area contributed by atoms with Gasteiger partial charge in [-0.2, -0.15) is 0 Å². The fourth-order valence-electron chi connectivity index (χ4n) is 8.07. The van der Waals surface area contributed by atoms with Crippen LogP contribution in [0, 0.1) is 6.92 Å². The molecule has 11 heteroatoms. The van der Waals surface area contributed by atoms with Crippen molar-refractivity contribution in [2.24, 2.45) is 14.1 Å². The molecule has 1 fully saturated rings. The van der Waals surface area contributed by atoms with E-state index in [2.05, 4.69) is 28.1 Å². The minimum atomic E-state index is -0.273. The molecule has 3 aromatic carbocycles. The van der Waals surface area contributed by atoms with Crippen molar-refractivity contribution in [2.75, 3.05) is 37.7 Å². The monoisotopic (exact) mass is 756 g/mol. The van der Waals surface area contributed by atoms with E-state index in [0.717, 1.165) is 74.4 Å². The second-order valence-corrected chi connectivity index (χ2v) is 15.1. The van der Waals surface area contributed by atoms with Gasteiger partial charge in [0.2, 0.25) is 0 Å². The molecule has 1 saturated heterocycles. The molecule has 0 aliphatic carbocycles. The van der Waals surface area contributed by atoms with E-state index in [1.165, 1.54) is 5.56 Å². The van der Waals surface area contributed by atoms with E-state index in [9.17, 15) is 14.7 Å². The molecule has 2 aliphatic heterocycles. The summed E-state index contributed by atoms with van der Waals surface area (Å²) in [5, 5.41) is 11.5. The highest BCUT2D eigenvalue weighted by Crippen LogP contribution is 2.37. The lowest BCUT2D eigenvalue weighted by Crippen LogP contribution is -2.45. The Kier molecular flexibility index (Phi) is 10.2. The van der Waals surface area contributed by atoms with Gasteiger partial charge in [0.05, 0.1) is 30.7 Å². The molecule has 10 nitrogen and oxygen atoms in total. The van der Waals surface area contributed by atoms with Crippen molar-refractivity contribution in [1.29, 1.82) is 0 Å². The number of amides is 2. The van der Waals surface area contributed by atoms with Crippen molar-refractivity contribution in [3.05, 3.63) is 130 Å². The highest BCUT2D eigenvalue weighted by Gasteiger charge is 2.33. The molecule has 5 heterocycles. The van der Waals surface area contributed by atoms with Gasteiger partial charge in [0.25, 0.3) is 11.8 Å². The second-order valence-electron chi connectivity index (χ2n) is 14.6. The first-order chi connectivity index (χ1) is 26.7. The van der Waals surface area contributed by atoms with Crippen LogP contribution in [0.25, 0.3) is 22.3 Å². The van der Waals surface area contributed by atoms with Gasteiger partial charge in [-0.1, -0.05) is 35.9 Å². The standard InChI is InChI=1S/C44H45ClN6O4/c1-29-39(44(54)51(34-11-13-37(52)14-12-34)36-24-31-16-18-47(2)42(31)46-27-36)26-41(48(29)3)40-25-33(45)10-15-38(40)43(53)50-28-32-8-5-4-7-30(32)23-35(50)9-6-17-49-19-21-55-22-20-49/h4-5,7-8,10-16,18,24-27,35,52H,6,9,17,19-23,28H2,1-3H3/t35-/m1/s1. The first kappa shape index (κ1) is 36.6. The minimum absolute atomic E-state index is 0.0358. The van der Waals surface area contributed by atoms with E-state index in [4.69, 9.17) is 16.3 Å². The summed E-state index contributed by atoms with van der Waals surface area (Å²) in [6.45, 7) is 6.82. The maximum absolute atomic E-state index is 14.9. The maximum Gasteiger partial charge on any atom is 0.264 e. The van der Waals surface area contributed by atoms with Crippen LogP contribution in [0.1, 0.15) is 50.4 Å². The number of anilines is 2. The van der Waals surface area contributed by atoms with E-state index in [0.29, 0.717) is 45.3 Å². The summed E-state index contributed by atoms with van der Waals surface area (Å²) in [5.41, 5.74) is 7.51. The molecule has 1 atom stereocenters. The quantitative estimate of drug-likeness (QED) is 0.161. The molecule has 282 valence electrons. The molecule has 3 aromatic heterocycles. The van der Waals surface area contributed by atoms with Gasteiger partial charge in [0, 0.05) is 84.6 Å². The van der Waals surface area contributed by atoms with Crippen LogP contribution >= 0.6 is 11.6 Å². The number of aromatic nitrogens is 3. The van der Waals surface area contributed by atoms with E-state index >= 15 is 0 Å². The Morgan fingerprint density at radius 3 is 2.47 bits per heavy atom. The van der Waals surface area contributed by atoms with Gasteiger partial charge in [-0.3, -0.25) is 19.4 Å².